The van der Waals surface area contributed by atoms with Crippen LogP contribution in [0.15, 0.2) is 17.0 Å². The van der Waals surface area contributed by atoms with Crippen LogP contribution in [0.3, 0.4) is 0 Å². The van der Waals surface area contributed by atoms with Crippen molar-refractivity contribution >= 4 is 15.7 Å². The first kappa shape index (κ1) is 15.2. The van der Waals surface area contributed by atoms with Gasteiger partial charge in [0, 0.05) is 12.2 Å². The van der Waals surface area contributed by atoms with Gasteiger partial charge < -0.3 is 10.8 Å². The largest absolute Gasteiger partial charge is 0.399 e. The zero-order valence-corrected chi connectivity index (χ0v) is 12.1. The second kappa shape index (κ2) is 5.67. The minimum Gasteiger partial charge on any atom is -0.399 e. The van der Waals surface area contributed by atoms with Gasteiger partial charge in [0.05, 0.1) is 6.10 Å². The summed E-state index contributed by atoms with van der Waals surface area (Å²) in [5, 5.41) is 9.41. The van der Waals surface area contributed by atoms with Crippen molar-refractivity contribution in [1.82, 2.24) is 4.72 Å². The van der Waals surface area contributed by atoms with Crippen molar-refractivity contribution in [1.29, 1.82) is 0 Å². The molecule has 2 unspecified atom stereocenters. The number of rotatable bonds is 4. The lowest BCUT2D eigenvalue weighted by atomic mass is 10.1. The molecule has 0 bridgehead atoms. The SMILES string of the molecule is Cc1cc(N)cc(S(=O)(=O)NCC2CCC(O)C2)c1F. The molecule has 0 radical (unpaired) electrons. The lowest BCUT2D eigenvalue weighted by molar-refractivity contribution is 0.178. The zero-order valence-electron chi connectivity index (χ0n) is 11.3. The molecule has 0 spiro atoms. The molecule has 1 aromatic carbocycles. The molecule has 5 nitrogen and oxygen atoms in total. The zero-order chi connectivity index (χ0) is 14.9. The third-order valence-electron chi connectivity index (χ3n) is 3.61. The van der Waals surface area contributed by atoms with Crippen LogP contribution in [0.1, 0.15) is 24.8 Å². The van der Waals surface area contributed by atoms with Gasteiger partial charge in [0.15, 0.2) is 0 Å². The minimum absolute atomic E-state index is 0.0880. The molecule has 0 aliphatic heterocycles. The third-order valence-corrected chi connectivity index (χ3v) is 5.03. The average Bonchev–Trinajstić information content (AvgIpc) is 2.77. The Hall–Kier alpha value is -1.18. The highest BCUT2D eigenvalue weighted by Gasteiger charge is 2.26. The van der Waals surface area contributed by atoms with Crippen LogP contribution in [0.25, 0.3) is 0 Å². The van der Waals surface area contributed by atoms with E-state index in [1.54, 1.807) is 0 Å². The smallest absolute Gasteiger partial charge is 0.243 e. The summed E-state index contributed by atoms with van der Waals surface area (Å²) in [6, 6.07) is 2.51. The molecule has 1 aliphatic rings. The Labute approximate surface area is 118 Å². The number of benzene rings is 1. The maximum atomic E-state index is 13.9. The number of hydrogen-bond acceptors (Lipinski definition) is 4. The fourth-order valence-corrected chi connectivity index (χ4v) is 3.80. The van der Waals surface area contributed by atoms with E-state index in [4.69, 9.17) is 5.73 Å². The Morgan fingerprint density at radius 3 is 2.75 bits per heavy atom. The molecule has 1 aromatic rings. The van der Waals surface area contributed by atoms with Crippen molar-refractivity contribution in [2.24, 2.45) is 5.92 Å². The second-order valence-electron chi connectivity index (χ2n) is 5.33. The maximum absolute atomic E-state index is 13.9. The number of aryl methyl sites for hydroxylation is 1. The van der Waals surface area contributed by atoms with E-state index < -0.39 is 20.7 Å². The second-order valence-corrected chi connectivity index (χ2v) is 7.07. The van der Waals surface area contributed by atoms with Crippen molar-refractivity contribution in [3.63, 3.8) is 0 Å². The molecule has 0 amide bonds. The molecule has 1 fully saturated rings. The molecule has 1 aliphatic carbocycles. The molecule has 0 saturated heterocycles. The van der Waals surface area contributed by atoms with Crippen LogP contribution in [0.4, 0.5) is 10.1 Å². The van der Waals surface area contributed by atoms with E-state index in [0.29, 0.717) is 12.8 Å². The Morgan fingerprint density at radius 2 is 2.15 bits per heavy atom. The van der Waals surface area contributed by atoms with Gasteiger partial charge in [-0.1, -0.05) is 0 Å². The fraction of sp³-hybridized carbons (Fsp3) is 0.538. The quantitative estimate of drug-likeness (QED) is 0.728. The van der Waals surface area contributed by atoms with Crippen LogP contribution < -0.4 is 10.5 Å². The van der Waals surface area contributed by atoms with Gasteiger partial charge in [0.1, 0.15) is 10.7 Å². The Balaban J connectivity index is 2.14. The Bertz CT molecular complexity index is 604. The van der Waals surface area contributed by atoms with E-state index in [1.807, 2.05) is 0 Å². The molecule has 4 N–H and O–H groups in total. The number of nitrogen functional groups attached to an aromatic ring is 1. The fourth-order valence-electron chi connectivity index (χ4n) is 2.50. The van der Waals surface area contributed by atoms with Gasteiger partial charge in [-0.25, -0.2) is 17.5 Å². The highest BCUT2D eigenvalue weighted by atomic mass is 32.2. The molecular formula is C13H19FN2O3S. The average molecular weight is 302 g/mol. The number of halogens is 1. The van der Waals surface area contributed by atoms with E-state index in [9.17, 15) is 17.9 Å². The van der Waals surface area contributed by atoms with E-state index >= 15 is 0 Å². The van der Waals surface area contributed by atoms with Crippen molar-refractivity contribution in [3.8, 4) is 0 Å². The lowest BCUT2D eigenvalue weighted by Crippen LogP contribution is -2.29. The first-order chi connectivity index (χ1) is 9.29. The van der Waals surface area contributed by atoms with Gasteiger partial charge in [-0.2, -0.15) is 0 Å². The number of nitrogens with two attached hydrogens (primary N) is 1. The summed E-state index contributed by atoms with van der Waals surface area (Å²) in [5.74, 6) is -0.692. The molecule has 112 valence electrons. The maximum Gasteiger partial charge on any atom is 0.243 e. The Morgan fingerprint density at radius 1 is 1.45 bits per heavy atom. The van der Waals surface area contributed by atoms with Crippen LogP contribution in [0, 0.1) is 18.7 Å². The van der Waals surface area contributed by atoms with Crippen molar-refractivity contribution in [2.75, 3.05) is 12.3 Å². The normalized spacial score (nSPS) is 23.1. The predicted octanol–water partition coefficient (Wildman–Crippen LogP) is 1.16. The molecule has 2 atom stereocenters. The van der Waals surface area contributed by atoms with Crippen LogP contribution >= 0.6 is 0 Å². The Kier molecular flexibility index (Phi) is 4.31. The monoisotopic (exact) mass is 302 g/mol. The summed E-state index contributed by atoms with van der Waals surface area (Å²) in [5.41, 5.74) is 5.97. The van der Waals surface area contributed by atoms with Crippen molar-refractivity contribution in [2.45, 2.75) is 37.2 Å². The van der Waals surface area contributed by atoms with Crippen molar-refractivity contribution in [3.05, 3.63) is 23.5 Å². The number of hydrogen-bond donors (Lipinski definition) is 3. The van der Waals surface area contributed by atoms with Gasteiger partial charge >= 0.3 is 0 Å². The van der Waals surface area contributed by atoms with Gasteiger partial charge in [0.25, 0.3) is 0 Å². The lowest BCUT2D eigenvalue weighted by Gasteiger charge is -2.13. The van der Waals surface area contributed by atoms with E-state index in [2.05, 4.69) is 4.72 Å². The van der Waals surface area contributed by atoms with E-state index in [0.717, 1.165) is 12.5 Å². The summed E-state index contributed by atoms with van der Waals surface area (Å²) in [6.45, 7) is 1.67. The van der Waals surface area contributed by atoms with Crippen LogP contribution in [0.5, 0.6) is 0 Å². The number of aliphatic hydroxyl groups excluding tert-OH is 1. The van der Waals surface area contributed by atoms with Crippen molar-refractivity contribution < 1.29 is 17.9 Å². The van der Waals surface area contributed by atoms with Crippen LogP contribution in [-0.4, -0.2) is 26.2 Å². The summed E-state index contributed by atoms with van der Waals surface area (Å²) in [6.07, 6.45) is 1.65. The van der Waals surface area contributed by atoms with Crippen LogP contribution in [-0.2, 0) is 10.0 Å². The minimum atomic E-state index is -3.93. The highest BCUT2D eigenvalue weighted by Crippen LogP contribution is 2.26. The summed E-state index contributed by atoms with van der Waals surface area (Å²) >= 11 is 0. The molecule has 2 rings (SSSR count). The highest BCUT2D eigenvalue weighted by molar-refractivity contribution is 7.89. The molecule has 1 saturated carbocycles. The molecule has 0 aromatic heterocycles. The molecule has 0 heterocycles. The number of sulfonamides is 1. The third kappa shape index (κ3) is 3.28. The summed E-state index contributed by atoms with van der Waals surface area (Å²) in [7, 11) is -3.93. The molecule has 20 heavy (non-hydrogen) atoms. The topological polar surface area (TPSA) is 92.4 Å². The number of aliphatic hydroxyl groups is 1. The summed E-state index contributed by atoms with van der Waals surface area (Å²) < 4.78 is 40.6. The molecule has 7 heteroatoms. The van der Waals surface area contributed by atoms with E-state index in [1.165, 1.54) is 13.0 Å². The summed E-state index contributed by atoms with van der Waals surface area (Å²) in [4.78, 5) is -0.423. The van der Waals surface area contributed by atoms with Gasteiger partial charge in [-0.05, 0) is 49.8 Å². The van der Waals surface area contributed by atoms with Gasteiger partial charge in [0.2, 0.25) is 10.0 Å². The number of anilines is 1. The first-order valence-electron chi connectivity index (χ1n) is 6.53. The van der Waals surface area contributed by atoms with Crippen LogP contribution in [0.2, 0.25) is 0 Å². The predicted molar refractivity (Wildman–Crippen MR) is 74.1 cm³/mol. The number of nitrogens with one attached hydrogen (secondary N) is 1. The first-order valence-corrected chi connectivity index (χ1v) is 8.01. The van der Waals surface area contributed by atoms with Gasteiger partial charge in [-0.3, -0.25) is 0 Å². The van der Waals surface area contributed by atoms with Gasteiger partial charge in [-0.15, -0.1) is 0 Å². The standard InChI is InChI=1S/C13H19FN2O3S/c1-8-4-10(15)6-12(13(8)14)20(18,19)16-7-9-2-3-11(17)5-9/h4,6,9,11,16-17H,2-3,5,7,15H2,1H3. The molecular weight excluding hydrogens is 283 g/mol. The van der Waals surface area contributed by atoms with E-state index in [-0.39, 0.29) is 29.8 Å².